The summed E-state index contributed by atoms with van der Waals surface area (Å²) in [6.07, 6.45) is -0.728. The van der Waals surface area contributed by atoms with Gasteiger partial charge in [0, 0.05) is 5.56 Å². The number of benzene rings is 3. The van der Waals surface area contributed by atoms with Crippen molar-refractivity contribution in [3.8, 4) is 11.5 Å². The van der Waals surface area contributed by atoms with Crippen LogP contribution in [0.3, 0.4) is 0 Å². The molecule has 4 N–H and O–H groups in total. The third kappa shape index (κ3) is 6.08. The first-order valence-corrected chi connectivity index (χ1v) is 11.5. The van der Waals surface area contributed by atoms with Gasteiger partial charge in [0.25, 0.3) is 0 Å². The molecule has 0 bridgehead atoms. The van der Waals surface area contributed by atoms with Crippen molar-refractivity contribution < 1.29 is 29.7 Å². The molecule has 3 aromatic rings. The molecule has 0 saturated heterocycles. The van der Waals surface area contributed by atoms with Crippen molar-refractivity contribution in [1.29, 1.82) is 0 Å². The van der Waals surface area contributed by atoms with Crippen molar-refractivity contribution in [2.75, 3.05) is 5.32 Å². The molecule has 0 aliphatic heterocycles. The summed E-state index contributed by atoms with van der Waals surface area (Å²) < 4.78 is 0. The summed E-state index contributed by atoms with van der Waals surface area (Å²) in [6.45, 7) is 9.85. The second-order valence-electron chi connectivity index (χ2n) is 8.71. The summed E-state index contributed by atoms with van der Waals surface area (Å²) in [5, 5.41) is 42.6. The van der Waals surface area contributed by atoms with Crippen LogP contribution in [-0.2, 0) is 9.59 Å². The maximum Gasteiger partial charge on any atom is 0.210 e. The number of ketones is 3. The van der Waals surface area contributed by atoms with Gasteiger partial charge in [-0.15, -0.1) is 10.2 Å². The van der Waals surface area contributed by atoms with E-state index in [0.29, 0.717) is 5.56 Å². The molecule has 194 valence electrons. The van der Waals surface area contributed by atoms with Gasteiger partial charge in [-0.1, -0.05) is 55.6 Å². The van der Waals surface area contributed by atoms with Crippen molar-refractivity contribution in [2.24, 2.45) is 10.2 Å². The largest absolute Gasteiger partial charge is 0.504 e. The van der Waals surface area contributed by atoms with E-state index in [-0.39, 0.29) is 39.6 Å². The monoisotopic (exact) mass is 513 g/mol. The van der Waals surface area contributed by atoms with Crippen molar-refractivity contribution >= 4 is 34.4 Å². The minimum absolute atomic E-state index is 0.0642. The minimum Gasteiger partial charge on any atom is -0.504 e. The molecule has 0 fully saturated rings. The smallest absolute Gasteiger partial charge is 0.210 e. The highest BCUT2D eigenvalue weighted by Crippen LogP contribution is 2.43. The molecule has 0 heterocycles. The summed E-state index contributed by atoms with van der Waals surface area (Å²) in [4.78, 5) is 38.2. The number of carbonyl (C=O) groups is 3. The Morgan fingerprint density at radius 3 is 2.08 bits per heavy atom. The Morgan fingerprint density at radius 1 is 0.842 bits per heavy atom. The number of carbonyl (C=O) groups excluding carboxylic acids is 3. The van der Waals surface area contributed by atoms with E-state index in [0.717, 1.165) is 6.07 Å². The fourth-order valence-corrected chi connectivity index (χ4v) is 3.51. The number of hydrogen-bond acceptors (Lipinski definition) is 9. The van der Waals surface area contributed by atoms with Gasteiger partial charge < -0.3 is 20.6 Å². The molecule has 1 atom stereocenters. The first-order chi connectivity index (χ1) is 17.9. The Kier molecular flexibility index (Phi) is 8.34. The van der Waals surface area contributed by atoms with E-state index in [1.165, 1.54) is 19.9 Å². The van der Waals surface area contributed by atoms with Gasteiger partial charge in [0.2, 0.25) is 11.5 Å². The molecule has 3 aromatic carbocycles. The quantitative estimate of drug-likeness (QED) is 0.0866. The third-order valence-corrected chi connectivity index (χ3v) is 5.57. The van der Waals surface area contributed by atoms with E-state index in [2.05, 4.69) is 28.7 Å². The molecule has 3 rings (SSSR count). The summed E-state index contributed by atoms with van der Waals surface area (Å²) >= 11 is 0. The van der Waals surface area contributed by atoms with Gasteiger partial charge >= 0.3 is 0 Å². The van der Waals surface area contributed by atoms with Gasteiger partial charge in [-0.25, -0.2) is 0 Å². The Bertz CT molecular complexity index is 1460. The first-order valence-electron chi connectivity index (χ1n) is 11.5. The van der Waals surface area contributed by atoms with Gasteiger partial charge in [0.15, 0.2) is 23.1 Å². The number of phenolic OH excluding ortho intramolecular Hbond substituents is 2. The number of rotatable bonds is 11. The molecule has 0 spiro atoms. The number of nitrogens with zero attached hydrogens (tertiary/aromatic N) is 2. The topological polar surface area (TPSA) is 149 Å². The van der Waals surface area contributed by atoms with Crippen LogP contribution in [0, 0.1) is 0 Å². The molecule has 0 aliphatic carbocycles. The highest BCUT2D eigenvalue weighted by Gasteiger charge is 2.40. The molecule has 1 unspecified atom stereocenters. The lowest BCUT2D eigenvalue weighted by Crippen LogP contribution is -2.48. The van der Waals surface area contributed by atoms with Crippen molar-refractivity contribution in [3.63, 3.8) is 0 Å². The normalized spacial score (nSPS) is 12.5. The average molecular weight is 514 g/mol. The number of aromatic hydroxyl groups is 2. The van der Waals surface area contributed by atoms with Crippen LogP contribution in [0.4, 0.5) is 17.1 Å². The Morgan fingerprint density at radius 2 is 1.45 bits per heavy atom. The van der Waals surface area contributed by atoms with Crippen LogP contribution in [0.15, 0.2) is 101 Å². The van der Waals surface area contributed by atoms with E-state index in [1.807, 2.05) is 0 Å². The molecular formula is C29H27N3O6. The number of Topliss-reactive ketones (excluding diaryl/α,β-unsaturated/α-hetero) is 2. The summed E-state index contributed by atoms with van der Waals surface area (Å²) in [5.41, 5.74) is -2.05. The fraction of sp³-hybridized carbons (Fsp3) is 0.138. The summed E-state index contributed by atoms with van der Waals surface area (Å²) in [5.74, 6) is -3.15. The number of anilines is 1. The van der Waals surface area contributed by atoms with Crippen LogP contribution in [0.1, 0.15) is 36.2 Å². The van der Waals surface area contributed by atoms with E-state index in [1.54, 1.807) is 54.6 Å². The standard InChI is InChI=1S/C29H27N3O6/c1-17(2)24(34)16-29(38,28(37)18(3)4)30-25-22(14-15-23(33)27(25)36)32-31-21-13-9-8-12-20(21)26(35)19-10-6-5-7-11-19/h5-15,30,33,36,38H,1,3,16H2,2,4H3. The number of hydrogen-bond donors (Lipinski definition) is 4. The lowest BCUT2D eigenvalue weighted by molar-refractivity contribution is -0.135. The maximum absolute atomic E-state index is 13.0. The van der Waals surface area contributed by atoms with Crippen molar-refractivity contribution in [3.05, 3.63) is 102 Å². The number of phenols is 2. The molecular weight excluding hydrogens is 486 g/mol. The SMILES string of the molecule is C=C(C)C(=O)CC(O)(Nc1c(N=Nc2ccccc2C(=O)c2ccccc2)ccc(O)c1O)C(=O)C(=C)C. The van der Waals surface area contributed by atoms with Gasteiger partial charge in [-0.3, -0.25) is 14.4 Å². The van der Waals surface area contributed by atoms with E-state index >= 15 is 0 Å². The van der Waals surface area contributed by atoms with Crippen LogP contribution in [0.2, 0.25) is 0 Å². The van der Waals surface area contributed by atoms with Gasteiger partial charge in [0.05, 0.1) is 17.7 Å². The maximum atomic E-state index is 13.0. The van der Waals surface area contributed by atoms with Crippen LogP contribution < -0.4 is 5.32 Å². The molecule has 38 heavy (non-hydrogen) atoms. The zero-order valence-corrected chi connectivity index (χ0v) is 20.9. The lowest BCUT2D eigenvalue weighted by atomic mass is 9.94. The molecule has 0 aromatic heterocycles. The minimum atomic E-state index is -2.54. The third-order valence-electron chi connectivity index (χ3n) is 5.57. The van der Waals surface area contributed by atoms with E-state index < -0.39 is 35.2 Å². The molecule has 0 saturated carbocycles. The fourth-order valence-electron chi connectivity index (χ4n) is 3.51. The molecule has 0 radical (unpaired) electrons. The second-order valence-corrected chi connectivity index (χ2v) is 8.71. The molecule has 0 amide bonds. The molecule has 9 heteroatoms. The van der Waals surface area contributed by atoms with Crippen LogP contribution in [0.25, 0.3) is 0 Å². The van der Waals surface area contributed by atoms with Crippen molar-refractivity contribution in [1.82, 2.24) is 0 Å². The highest BCUT2D eigenvalue weighted by atomic mass is 16.3. The highest BCUT2D eigenvalue weighted by molar-refractivity contribution is 6.12. The number of nitrogens with one attached hydrogen (secondary N) is 1. The Labute approximate surface area is 219 Å². The van der Waals surface area contributed by atoms with Gasteiger partial charge in [0.1, 0.15) is 11.4 Å². The Hall–Kier alpha value is -4.89. The van der Waals surface area contributed by atoms with Gasteiger partial charge in [-0.2, -0.15) is 0 Å². The second kappa shape index (κ2) is 11.4. The number of aliphatic hydroxyl groups is 1. The predicted molar refractivity (Wildman–Crippen MR) is 143 cm³/mol. The number of allylic oxidation sites excluding steroid dienone is 1. The average Bonchev–Trinajstić information content (AvgIpc) is 2.90. The van der Waals surface area contributed by atoms with Crippen LogP contribution >= 0.6 is 0 Å². The van der Waals surface area contributed by atoms with Crippen LogP contribution in [-0.4, -0.2) is 38.4 Å². The molecule has 0 aliphatic rings. The van der Waals surface area contributed by atoms with E-state index in [9.17, 15) is 29.7 Å². The summed E-state index contributed by atoms with van der Waals surface area (Å²) in [7, 11) is 0. The van der Waals surface area contributed by atoms with E-state index in [4.69, 9.17) is 0 Å². The van der Waals surface area contributed by atoms with Gasteiger partial charge in [-0.05, 0) is 49.3 Å². The molecule has 9 nitrogen and oxygen atoms in total. The Balaban J connectivity index is 2.06. The summed E-state index contributed by atoms with van der Waals surface area (Å²) in [6, 6.07) is 17.5. The van der Waals surface area contributed by atoms with Crippen molar-refractivity contribution in [2.45, 2.75) is 26.0 Å². The zero-order valence-electron chi connectivity index (χ0n) is 20.9. The first kappa shape index (κ1) is 27.7. The lowest BCUT2D eigenvalue weighted by Gasteiger charge is -2.29. The van der Waals surface area contributed by atoms with Crippen LogP contribution in [0.5, 0.6) is 11.5 Å². The predicted octanol–water partition coefficient (Wildman–Crippen LogP) is 5.53. The number of azo groups is 1. The zero-order chi connectivity index (χ0) is 28.0.